The zero-order chi connectivity index (χ0) is 26.5. The number of halogens is 3. The molecule has 1 heterocycles. The second kappa shape index (κ2) is 12.0. The number of hydrogen-bond donors (Lipinski definition) is 0. The first kappa shape index (κ1) is 27.0. The van der Waals surface area contributed by atoms with Crippen molar-refractivity contribution in [3.05, 3.63) is 98.1 Å². The lowest BCUT2D eigenvalue weighted by atomic mass is 10.1. The zero-order valence-electron chi connectivity index (χ0n) is 20.3. The van der Waals surface area contributed by atoms with Crippen LogP contribution in [0, 0.1) is 5.82 Å². The highest BCUT2D eigenvalue weighted by Gasteiger charge is 2.35. The minimum Gasteiger partial charge on any atom is -0.488 e. The average molecular weight is 559 g/mol. The normalized spacial score (nSPS) is 14.5. The fraction of sp³-hybridized carbons (Fsp3) is 0.214. The molecule has 5 nitrogen and oxygen atoms in total. The van der Waals surface area contributed by atoms with Crippen LogP contribution in [-0.2, 0) is 17.9 Å². The maximum Gasteiger partial charge on any atom is 0.293 e. The Balaban J connectivity index is 1.62. The molecule has 3 aromatic rings. The minimum absolute atomic E-state index is 0.0710. The predicted octanol–water partition coefficient (Wildman–Crippen LogP) is 7.79. The summed E-state index contributed by atoms with van der Waals surface area (Å²) in [5, 5.41) is 0.654. The van der Waals surface area contributed by atoms with Crippen molar-refractivity contribution in [2.24, 2.45) is 0 Å². The molecule has 4 rings (SSSR count). The van der Waals surface area contributed by atoms with Gasteiger partial charge in [-0.05, 0) is 73.6 Å². The number of ether oxygens (including phenoxy) is 1. The fourth-order valence-corrected chi connectivity index (χ4v) is 5.19. The lowest BCUT2D eigenvalue weighted by Crippen LogP contribution is -2.27. The van der Waals surface area contributed by atoms with Gasteiger partial charge in [0.25, 0.3) is 11.1 Å². The molecule has 1 aliphatic rings. The third-order valence-corrected chi connectivity index (χ3v) is 7.43. The summed E-state index contributed by atoms with van der Waals surface area (Å²) in [5.74, 6) is -0.224. The summed E-state index contributed by atoms with van der Waals surface area (Å²) in [6.07, 6.45) is 1.67. The van der Waals surface area contributed by atoms with E-state index < -0.39 is 5.91 Å². The number of rotatable bonds is 9. The third kappa shape index (κ3) is 6.47. The SMILES string of the molecule is CCN(CC)c1ccc(/C=C2/SC(=O)N(Cc3ccc(F)cc3)C2=O)c(OCc2ccc(Cl)cc2Cl)c1. The number of thioether (sulfide) groups is 1. The Bertz CT molecular complexity index is 1340. The van der Waals surface area contributed by atoms with Crippen LogP contribution in [0.1, 0.15) is 30.5 Å². The first-order chi connectivity index (χ1) is 17.8. The molecule has 9 heteroatoms. The van der Waals surface area contributed by atoms with Crippen LogP contribution in [0.25, 0.3) is 6.08 Å². The number of benzene rings is 3. The van der Waals surface area contributed by atoms with Gasteiger partial charge in [-0.3, -0.25) is 14.5 Å². The van der Waals surface area contributed by atoms with Gasteiger partial charge >= 0.3 is 0 Å². The summed E-state index contributed by atoms with van der Waals surface area (Å²) in [4.78, 5) is 29.3. The van der Waals surface area contributed by atoms with Gasteiger partial charge in [-0.2, -0.15) is 0 Å². The summed E-state index contributed by atoms with van der Waals surface area (Å²) in [7, 11) is 0. The van der Waals surface area contributed by atoms with Crippen molar-refractivity contribution < 1.29 is 18.7 Å². The molecule has 0 spiro atoms. The molecule has 192 valence electrons. The van der Waals surface area contributed by atoms with Crippen molar-refractivity contribution in [3.8, 4) is 5.75 Å². The van der Waals surface area contributed by atoms with E-state index in [2.05, 4.69) is 18.7 Å². The number of carbonyl (C=O) groups excluding carboxylic acids is 2. The van der Waals surface area contributed by atoms with Gasteiger partial charge in [0.1, 0.15) is 18.2 Å². The second-order valence-corrected chi connectivity index (χ2v) is 10.1. The number of imide groups is 1. The van der Waals surface area contributed by atoms with Crippen LogP contribution in [0.4, 0.5) is 14.9 Å². The van der Waals surface area contributed by atoms with Crippen LogP contribution in [0.15, 0.2) is 65.6 Å². The molecule has 2 amide bonds. The molecule has 0 unspecified atom stereocenters. The highest BCUT2D eigenvalue weighted by molar-refractivity contribution is 8.18. The summed E-state index contributed by atoms with van der Waals surface area (Å²) >= 11 is 13.2. The highest BCUT2D eigenvalue weighted by Crippen LogP contribution is 2.36. The van der Waals surface area contributed by atoms with E-state index in [-0.39, 0.29) is 29.1 Å². The van der Waals surface area contributed by atoms with E-state index >= 15 is 0 Å². The number of carbonyl (C=O) groups is 2. The smallest absolute Gasteiger partial charge is 0.293 e. The summed E-state index contributed by atoms with van der Waals surface area (Å²) in [5.41, 5.74) is 3.07. The lowest BCUT2D eigenvalue weighted by molar-refractivity contribution is -0.123. The molecule has 1 aliphatic heterocycles. The van der Waals surface area contributed by atoms with Crippen molar-refractivity contribution in [2.75, 3.05) is 18.0 Å². The number of hydrogen-bond acceptors (Lipinski definition) is 5. The summed E-state index contributed by atoms with van der Waals surface area (Å²) in [6, 6.07) is 16.7. The molecule has 0 aliphatic carbocycles. The van der Waals surface area contributed by atoms with Gasteiger partial charge in [0.15, 0.2) is 0 Å². The van der Waals surface area contributed by atoms with Crippen molar-refractivity contribution in [2.45, 2.75) is 27.0 Å². The Morgan fingerprint density at radius 1 is 1.00 bits per heavy atom. The van der Waals surface area contributed by atoms with E-state index in [4.69, 9.17) is 27.9 Å². The Kier molecular flexibility index (Phi) is 8.79. The molecular formula is C28H25Cl2FN2O3S. The molecule has 0 atom stereocenters. The molecule has 1 saturated heterocycles. The third-order valence-electron chi connectivity index (χ3n) is 5.94. The first-order valence-corrected chi connectivity index (χ1v) is 13.3. The van der Waals surface area contributed by atoms with Crippen LogP contribution >= 0.6 is 35.0 Å². The average Bonchev–Trinajstić information content (AvgIpc) is 3.14. The van der Waals surface area contributed by atoms with Crippen molar-refractivity contribution >= 4 is 57.9 Å². The van der Waals surface area contributed by atoms with E-state index in [1.54, 1.807) is 36.4 Å². The Morgan fingerprint density at radius 2 is 1.73 bits per heavy atom. The molecule has 37 heavy (non-hydrogen) atoms. The van der Waals surface area contributed by atoms with Gasteiger partial charge in [0, 0.05) is 46.0 Å². The van der Waals surface area contributed by atoms with Gasteiger partial charge in [-0.25, -0.2) is 4.39 Å². The first-order valence-electron chi connectivity index (χ1n) is 11.7. The van der Waals surface area contributed by atoms with Crippen molar-refractivity contribution in [3.63, 3.8) is 0 Å². The lowest BCUT2D eigenvalue weighted by Gasteiger charge is -2.22. The Labute approximate surface area is 229 Å². The van der Waals surface area contributed by atoms with Crippen molar-refractivity contribution in [1.82, 2.24) is 4.90 Å². The molecule has 0 bridgehead atoms. The molecule has 0 saturated carbocycles. The number of anilines is 1. The molecule has 0 N–H and O–H groups in total. The highest BCUT2D eigenvalue weighted by atomic mass is 35.5. The van der Waals surface area contributed by atoms with Crippen molar-refractivity contribution in [1.29, 1.82) is 0 Å². The van der Waals surface area contributed by atoms with E-state index in [1.807, 2.05) is 18.2 Å². The fourth-order valence-electron chi connectivity index (χ4n) is 3.90. The van der Waals surface area contributed by atoms with Gasteiger partial charge in [-0.15, -0.1) is 0 Å². The molecule has 0 radical (unpaired) electrons. The van der Waals surface area contributed by atoms with Gasteiger partial charge < -0.3 is 9.64 Å². The van der Waals surface area contributed by atoms with Crippen LogP contribution in [-0.4, -0.2) is 29.1 Å². The summed E-state index contributed by atoms with van der Waals surface area (Å²) < 4.78 is 19.4. The summed E-state index contributed by atoms with van der Waals surface area (Å²) in [6.45, 7) is 6.05. The van der Waals surface area contributed by atoms with Gasteiger partial charge in [0.2, 0.25) is 0 Å². The van der Waals surface area contributed by atoms with Crippen LogP contribution in [0.2, 0.25) is 10.0 Å². The van der Waals surface area contributed by atoms with Crippen LogP contribution in [0.5, 0.6) is 5.75 Å². The molecule has 0 aromatic heterocycles. The Hall–Kier alpha value is -3.00. The minimum atomic E-state index is -0.404. The largest absolute Gasteiger partial charge is 0.488 e. The molecular weight excluding hydrogens is 534 g/mol. The Morgan fingerprint density at radius 3 is 2.41 bits per heavy atom. The maximum atomic E-state index is 13.2. The van der Waals surface area contributed by atoms with E-state index in [0.29, 0.717) is 26.9 Å². The van der Waals surface area contributed by atoms with Crippen LogP contribution < -0.4 is 9.64 Å². The predicted molar refractivity (Wildman–Crippen MR) is 149 cm³/mol. The monoisotopic (exact) mass is 558 g/mol. The van der Waals surface area contributed by atoms with E-state index in [1.165, 1.54) is 12.1 Å². The standard InChI is InChI=1S/C28H25Cl2FN2O3S/c1-3-32(4-2)23-12-8-19(25(15-23)36-17-20-7-9-21(29)14-24(20)30)13-26-27(34)33(28(35)37-26)16-18-5-10-22(31)11-6-18/h5-15H,3-4,16-17H2,1-2H3/b26-13+. The van der Waals surface area contributed by atoms with E-state index in [9.17, 15) is 14.0 Å². The zero-order valence-corrected chi connectivity index (χ0v) is 22.7. The number of amides is 2. The van der Waals surface area contributed by atoms with Gasteiger partial charge in [-0.1, -0.05) is 41.4 Å². The second-order valence-electron chi connectivity index (χ2n) is 8.31. The maximum absolute atomic E-state index is 13.2. The molecule has 3 aromatic carbocycles. The molecule has 1 fully saturated rings. The van der Waals surface area contributed by atoms with Crippen LogP contribution in [0.3, 0.4) is 0 Å². The van der Waals surface area contributed by atoms with E-state index in [0.717, 1.165) is 41.0 Å². The number of nitrogens with zero attached hydrogens (tertiary/aromatic N) is 2. The topological polar surface area (TPSA) is 49.9 Å². The van der Waals surface area contributed by atoms with Gasteiger partial charge in [0.05, 0.1) is 11.4 Å². The quantitative estimate of drug-likeness (QED) is 0.251.